The van der Waals surface area contributed by atoms with Crippen molar-refractivity contribution in [2.24, 2.45) is 0 Å². The van der Waals surface area contributed by atoms with Crippen LogP contribution in [0.15, 0.2) is 30.6 Å². The largest absolute Gasteiger partial charge is 0.494 e. The third kappa shape index (κ3) is 3.38. The van der Waals surface area contributed by atoms with Crippen molar-refractivity contribution in [1.82, 2.24) is 9.97 Å². The molecule has 5 nitrogen and oxygen atoms in total. The van der Waals surface area contributed by atoms with Gasteiger partial charge in [-0.05, 0) is 25.5 Å². The molecule has 1 aromatic carbocycles. The second-order valence-electron chi connectivity index (χ2n) is 4.42. The Morgan fingerprint density at radius 2 is 2.10 bits per heavy atom. The zero-order valence-corrected chi connectivity index (χ0v) is 11.9. The van der Waals surface area contributed by atoms with Crippen LogP contribution in [-0.4, -0.2) is 16.6 Å². The lowest BCUT2D eigenvalue weighted by molar-refractivity contribution is 0.340. The van der Waals surface area contributed by atoms with Gasteiger partial charge in [0.25, 0.3) is 0 Å². The maximum Gasteiger partial charge on any atom is 0.139 e. The average molecular weight is 272 g/mol. The van der Waals surface area contributed by atoms with Crippen molar-refractivity contribution in [3.8, 4) is 5.75 Å². The summed E-state index contributed by atoms with van der Waals surface area (Å²) in [6, 6.07) is 7.78. The standard InChI is InChI=1S/C15H20N4O/c1-3-6-13-14(16)17-10-18-15(13)19-11-7-5-8-12(9-11)20-4-2/h5,7-10H,3-4,6H2,1-2H3,(H3,16,17,18,19). The first-order chi connectivity index (χ1) is 9.74. The summed E-state index contributed by atoms with van der Waals surface area (Å²) >= 11 is 0. The lowest BCUT2D eigenvalue weighted by atomic mass is 10.1. The fraction of sp³-hybridized carbons (Fsp3) is 0.333. The molecular formula is C15H20N4O. The quantitative estimate of drug-likeness (QED) is 0.845. The predicted octanol–water partition coefficient (Wildman–Crippen LogP) is 3.15. The monoisotopic (exact) mass is 272 g/mol. The Labute approximate surface area is 119 Å². The molecule has 1 heterocycles. The number of nitrogens with two attached hydrogens (primary N) is 1. The molecule has 2 aromatic rings. The lowest BCUT2D eigenvalue weighted by Crippen LogP contribution is -2.05. The van der Waals surface area contributed by atoms with E-state index in [1.807, 2.05) is 31.2 Å². The van der Waals surface area contributed by atoms with Crippen molar-refractivity contribution in [2.45, 2.75) is 26.7 Å². The summed E-state index contributed by atoms with van der Waals surface area (Å²) in [5.74, 6) is 2.12. The highest BCUT2D eigenvalue weighted by molar-refractivity contribution is 5.64. The van der Waals surface area contributed by atoms with E-state index in [1.54, 1.807) is 0 Å². The molecule has 1 aromatic heterocycles. The highest BCUT2D eigenvalue weighted by atomic mass is 16.5. The molecule has 0 aliphatic carbocycles. The van der Waals surface area contributed by atoms with E-state index in [1.165, 1.54) is 6.33 Å². The minimum absolute atomic E-state index is 0.533. The van der Waals surface area contributed by atoms with Gasteiger partial charge in [-0.1, -0.05) is 19.4 Å². The Kier molecular flexibility index (Phi) is 4.76. The van der Waals surface area contributed by atoms with Gasteiger partial charge < -0.3 is 15.8 Å². The zero-order chi connectivity index (χ0) is 14.4. The van der Waals surface area contributed by atoms with E-state index in [-0.39, 0.29) is 0 Å². The van der Waals surface area contributed by atoms with Crippen LogP contribution in [0, 0.1) is 0 Å². The molecule has 0 unspecified atom stereocenters. The van der Waals surface area contributed by atoms with Gasteiger partial charge in [-0.25, -0.2) is 9.97 Å². The fourth-order valence-electron chi connectivity index (χ4n) is 2.00. The maximum absolute atomic E-state index is 5.92. The van der Waals surface area contributed by atoms with Crippen LogP contribution in [0.25, 0.3) is 0 Å². The first-order valence-corrected chi connectivity index (χ1v) is 6.83. The van der Waals surface area contributed by atoms with Crippen molar-refractivity contribution in [2.75, 3.05) is 17.7 Å². The number of ether oxygens (including phenoxy) is 1. The zero-order valence-electron chi connectivity index (χ0n) is 11.9. The lowest BCUT2D eigenvalue weighted by Gasteiger charge is -2.12. The van der Waals surface area contributed by atoms with Crippen molar-refractivity contribution < 1.29 is 4.74 Å². The second kappa shape index (κ2) is 6.75. The van der Waals surface area contributed by atoms with E-state index in [4.69, 9.17) is 10.5 Å². The maximum atomic E-state index is 5.92. The van der Waals surface area contributed by atoms with Gasteiger partial charge in [0, 0.05) is 17.3 Å². The summed E-state index contributed by atoms with van der Waals surface area (Å²) in [7, 11) is 0. The molecule has 5 heteroatoms. The highest BCUT2D eigenvalue weighted by Gasteiger charge is 2.08. The van der Waals surface area contributed by atoms with E-state index in [9.17, 15) is 0 Å². The predicted molar refractivity (Wildman–Crippen MR) is 81.3 cm³/mol. The Hall–Kier alpha value is -2.30. The van der Waals surface area contributed by atoms with Crippen molar-refractivity contribution >= 4 is 17.3 Å². The van der Waals surface area contributed by atoms with Crippen LogP contribution in [0.5, 0.6) is 5.75 Å². The summed E-state index contributed by atoms with van der Waals surface area (Å²) in [6.07, 6.45) is 3.31. The molecule has 0 amide bonds. The summed E-state index contributed by atoms with van der Waals surface area (Å²) in [5, 5.41) is 3.29. The number of hydrogen-bond acceptors (Lipinski definition) is 5. The molecule has 0 radical (unpaired) electrons. The molecule has 0 bridgehead atoms. The Morgan fingerprint density at radius 1 is 1.25 bits per heavy atom. The van der Waals surface area contributed by atoms with Gasteiger partial charge in [0.05, 0.1) is 6.61 Å². The van der Waals surface area contributed by atoms with Crippen LogP contribution >= 0.6 is 0 Å². The molecule has 0 aliphatic rings. The first kappa shape index (κ1) is 14.1. The molecule has 0 spiro atoms. The average Bonchev–Trinajstić information content (AvgIpc) is 2.44. The molecule has 0 atom stereocenters. The Balaban J connectivity index is 2.25. The number of hydrogen-bond donors (Lipinski definition) is 2. The topological polar surface area (TPSA) is 73.1 Å². The molecule has 2 rings (SSSR count). The minimum Gasteiger partial charge on any atom is -0.494 e. The third-order valence-corrected chi connectivity index (χ3v) is 2.89. The van der Waals surface area contributed by atoms with Crippen molar-refractivity contribution in [3.05, 3.63) is 36.2 Å². The number of nitrogens with zero attached hydrogens (tertiary/aromatic N) is 2. The van der Waals surface area contributed by atoms with Gasteiger partial charge in [0.2, 0.25) is 0 Å². The molecule has 0 aliphatic heterocycles. The smallest absolute Gasteiger partial charge is 0.139 e. The van der Waals surface area contributed by atoms with Crippen LogP contribution in [0.2, 0.25) is 0 Å². The van der Waals surface area contributed by atoms with Gasteiger partial charge in [-0.2, -0.15) is 0 Å². The number of aromatic nitrogens is 2. The van der Waals surface area contributed by atoms with Crippen molar-refractivity contribution in [3.63, 3.8) is 0 Å². The second-order valence-corrected chi connectivity index (χ2v) is 4.42. The summed E-state index contributed by atoms with van der Waals surface area (Å²) in [5.41, 5.74) is 7.80. The molecular weight excluding hydrogens is 252 g/mol. The Bertz CT molecular complexity index is 572. The summed E-state index contributed by atoms with van der Waals surface area (Å²) in [6.45, 7) is 4.71. The first-order valence-electron chi connectivity index (χ1n) is 6.83. The summed E-state index contributed by atoms with van der Waals surface area (Å²) < 4.78 is 5.49. The molecule has 106 valence electrons. The van der Waals surface area contributed by atoms with Crippen LogP contribution in [-0.2, 0) is 6.42 Å². The third-order valence-electron chi connectivity index (χ3n) is 2.89. The van der Waals surface area contributed by atoms with Crippen LogP contribution < -0.4 is 15.8 Å². The molecule has 0 saturated heterocycles. The van der Waals surface area contributed by atoms with Crippen LogP contribution in [0.4, 0.5) is 17.3 Å². The van der Waals surface area contributed by atoms with Gasteiger partial charge in [0.15, 0.2) is 0 Å². The van der Waals surface area contributed by atoms with Gasteiger partial charge in [-0.3, -0.25) is 0 Å². The minimum atomic E-state index is 0.533. The normalized spacial score (nSPS) is 10.3. The van der Waals surface area contributed by atoms with E-state index < -0.39 is 0 Å². The van der Waals surface area contributed by atoms with E-state index in [0.29, 0.717) is 12.4 Å². The Morgan fingerprint density at radius 3 is 2.85 bits per heavy atom. The molecule has 20 heavy (non-hydrogen) atoms. The van der Waals surface area contributed by atoms with Crippen molar-refractivity contribution in [1.29, 1.82) is 0 Å². The number of anilines is 3. The number of nitrogen functional groups attached to an aromatic ring is 1. The van der Waals surface area contributed by atoms with Gasteiger partial charge in [0.1, 0.15) is 23.7 Å². The fourth-order valence-corrected chi connectivity index (χ4v) is 2.00. The number of nitrogens with one attached hydrogen (secondary N) is 1. The van der Waals surface area contributed by atoms with E-state index in [2.05, 4.69) is 22.2 Å². The number of benzene rings is 1. The van der Waals surface area contributed by atoms with E-state index >= 15 is 0 Å². The van der Waals surface area contributed by atoms with Crippen LogP contribution in [0.1, 0.15) is 25.8 Å². The van der Waals surface area contributed by atoms with Crippen LogP contribution in [0.3, 0.4) is 0 Å². The summed E-state index contributed by atoms with van der Waals surface area (Å²) in [4.78, 5) is 8.34. The molecule has 0 fully saturated rings. The van der Waals surface area contributed by atoms with E-state index in [0.717, 1.165) is 35.7 Å². The van der Waals surface area contributed by atoms with Gasteiger partial charge in [-0.15, -0.1) is 0 Å². The SMILES string of the molecule is CCCc1c(N)ncnc1Nc1cccc(OCC)c1. The van der Waals surface area contributed by atoms with Gasteiger partial charge >= 0.3 is 0 Å². The number of rotatable bonds is 6. The highest BCUT2D eigenvalue weighted by Crippen LogP contribution is 2.25. The molecule has 3 N–H and O–H groups in total. The molecule has 0 saturated carbocycles.